The molecule has 0 aliphatic rings. The van der Waals surface area contributed by atoms with Gasteiger partial charge in [0, 0.05) is 32.3 Å². The van der Waals surface area contributed by atoms with Crippen molar-refractivity contribution in [1.29, 1.82) is 0 Å². The first-order chi connectivity index (χ1) is 11.0. The summed E-state index contributed by atoms with van der Waals surface area (Å²) in [6, 6.07) is 0. The molecule has 0 unspecified atom stereocenters. The second-order valence-corrected chi connectivity index (χ2v) is 7.87. The number of halogens is 3. The lowest BCUT2D eigenvalue weighted by molar-refractivity contribution is -0.386. The Balaban J connectivity index is 3.08. The number of nitro groups is 1. The zero-order valence-electron chi connectivity index (χ0n) is 13.3. The van der Waals surface area contributed by atoms with Crippen molar-refractivity contribution >= 4 is 53.5 Å². The Hall–Kier alpha value is -1.12. The molecule has 2 N–H and O–H groups in total. The van der Waals surface area contributed by atoms with E-state index in [1.165, 1.54) is 0 Å². The van der Waals surface area contributed by atoms with Gasteiger partial charge in [0.1, 0.15) is 11.5 Å². The summed E-state index contributed by atoms with van der Waals surface area (Å²) in [5.74, 6) is -0.124. The quantitative estimate of drug-likeness (QED) is 0.279. The number of phenolic OH excluding ortho intramolecular Hbond substituents is 2. The molecule has 0 heterocycles. The van der Waals surface area contributed by atoms with Crippen LogP contribution in [0.5, 0.6) is 11.5 Å². The van der Waals surface area contributed by atoms with Gasteiger partial charge < -0.3 is 10.2 Å². The number of aromatic hydroxyl groups is 2. The maximum Gasteiger partial charge on any atom is 0.276 e. The fourth-order valence-corrected chi connectivity index (χ4v) is 4.29. The lowest BCUT2D eigenvalue weighted by Crippen LogP contribution is -2.02. The molecule has 0 aromatic heterocycles. The van der Waals surface area contributed by atoms with Crippen LogP contribution in [0, 0.1) is 37.8 Å². The van der Waals surface area contributed by atoms with Crippen molar-refractivity contribution in [3.8, 4) is 22.6 Å². The first kappa shape index (κ1) is 19.2. The van der Waals surface area contributed by atoms with E-state index in [9.17, 15) is 20.3 Å². The highest BCUT2D eigenvalue weighted by Gasteiger charge is 2.29. The van der Waals surface area contributed by atoms with E-state index in [4.69, 9.17) is 0 Å². The van der Waals surface area contributed by atoms with E-state index in [2.05, 4.69) is 47.8 Å². The molecule has 8 heteroatoms. The number of nitrogens with zero attached hydrogens (tertiary/aromatic N) is 1. The van der Waals surface area contributed by atoms with Crippen molar-refractivity contribution in [3.05, 3.63) is 45.8 Å². The number of hydrogen-bond acceptors (Lipinski definition) is 4. The highest BCUT2D eigenvalue weighted by molar-refractivity contribution is 9.11. The molecule has 0 aliphatic carbocycles. The minimum Gasteiger partial charge on any atom is -0.506 e. The first-order valence-corrected chi connectivity index (χ1v) is 9.23. The Morgan fingerprint density at radius 3 is 1.79 bits per heavy atom. The predicted molar refractivity (Wildman–Crippen MR) is 104 cm³/mol. The summed E-state index contributed by atoms with van der Waals surface area (Å²) in [6.07, 6.45) is 0. The van der Waals surface area contributed by atoms with Gasteiger partial charge in [-0.2, -0.15) is 0 Å². The largest absolute Gasteiger partial charge is 0.506 e. The topological polar surface area (TPSA) is 83.6 Å². The van der Waals surface area contributed by atoms with Crippen molar-refractivity contribution in [2.45, 2.75) is 27.7 Å². The zero-order valence-corrected chi connectivity index (χ0v) is 18.1. The molecule has 2 rings (SSSR count). The van der Waals surface area contributed by atoms with E-state index in [1.807, 2.05) is 0 Å². The summed E-state index contributed by atoms with van der Waals surface area (Å²) < 4.78 is 1.23. The Morgan fingerprint density at radius 2 is 1.29 bits per heavy atom. The Morgan fingerprint density at radius 1 is 0.750 bits per heavy atom. The van der Waals surface area contributed by atoms with E-state index in [0.717, 1.165) is 5.56 Å². The number of benzene rings is 2. The van der Waals surface area contributed by atoms with E-state index in [1.54, 1.807) is 27.7 Å². The molecule has 0 aliphatic heterocycles. The Kier molecular flexibility index (Phi) is 5.32. The number of phenols is 2. The number of nitro benzene ring substituents is 1. The smallest absolute Gasteiger partial charge is 0.276 e. The minimum atomic E-state index is -0.438. The molecule has 0 atom stereocenters. The molecule has 0 amide bonds. The molecular weight excluding hydrogens is 510 g/mol. The fourth-order valence-electron chi connectivity index (χ4n) is 2.83. The second-order valence-electron chi connectivity index (χ2n) is 5.49. The molecular formula is C16H14Br3NO4. The average Bonchev–Trinajstić information content (AvgIpc) is 2.52. The van der Waals surface area contributed by atoms with Crippen molar-refractivity contribution in [3.63, 3.8) is 0 Å². The van der Waals surface area contributed by atoms with Crippen molar-refractivity contribution in [1.82, 2.24) is 0 Å². The van der Waals surface area contributed by atoms with Crippen LogP contribution in [0.15, 0.2) is 13.4 Å². The predicted octanol–water partition coefficient (Wildman–Crippen LogP) is 6.19. The monoisotopic (exact) mass is 521 g/mol. The van der Waals surface area contributed by atoms with Crippen LogP contribution in [0.25, 0.3) is 11.1 Å². The molecule has 0 bridgehead atoms. The van der Waals surface area contributed by atoms with Crippen LogP contribution < -0.4 is 0 Å². The van der Waals surface area contributed by atoms with Gasteiger partial charge in [-0.3, -0.25) is 10.1 Å². The first-order valence-electron chi connectivity index (χ1n) is 6.85. The average molecular weight is 524 g/mol. The third kappa shape index (κ3) is 2.74. The molecule has 128 valence electrons. The van der Waals surface area contributed by atoms with E-state index in [0.29, 0.717) is 36.8 Å². The molecule has 0 saturated carbocycles. The lowest BCUT2D eigenvalue weighted by Gasteiger charge is -2.19. The van der Waals surface area contributed by atoms with Crippen LogP contribution in [0.2, 0.25) is 0 Å². The molecule has 2 aromatic carbocycles. The SMILES string of the molecule is Cc1c(O)c(Br)c(-c2c(C)c(Br)c(C)c([N+](=O)[O-])c2C)c(O)c1Br. The summed E-state index contributed by atoms with van der Waals surface area (Å²) in [7, 11) is 0. The molecule has 0 fully saturated rings. The van der Waals surface area contributed by atoms with Gasteiger partial charge in [-0.25, -0.2) is 0 Å². The maximum atomic E-state index is 11.5. The maximum absolute atomic E-state index is 11.5. The second kappa shape index (κ2) is 6.65. The molecule has 0 spiro atoms. The number of rotatable bonds is 2. The van der Waals surface area contributed by atoms with Gasteiger partial charge in [0.15, 0.2) is 0 Å². The van der Waals surface area contributed by atoms with Gasteiger partial charge in [0.25, 0.3) is 5.69 Å². The van der Waals surface area contributed by atoms with Crippen LogP contribution in [-0.2, 0) is 0 Å². The van der Waals surface area contributed by atoms with Gasteiger partial charge in [-0.05, 0) is 81.0 Å². The van der Waals surface area contributed by atoms with Crippen LogP contribution in [0.4, 0.5) is 5.69 Å². The van der Waals surface area contributed by atoms with Crippen LogP contribution in [0.1, 0.15) is 22.3 Å². The lowest BCUT2D eigenvalue weighted by atomic mass is 9.91. The summed E-state index contributed by atoms with van der Waals surface area (Å²) in [5.41, 5.74) is 2.93. The van der Waals surface area contributed by atoms with Gasteiger partial charge in [-0.15, -0.1) is 0 Å². The van der Waals surface area contributed by atoms with Gasteiger partial charge >= 0.3 is 0 Å². The highest BCUT2D eigenvalue weighted by atomic mass is 79.9. The van der Waals surface area contributed by atoms with Crippen molar-refractivity contribution in [2.24, 2.45) is 0 Å². The summed E-state index contributed by atoms with van der Waals surface area (Å²) in [5, 5.41) is 32.4. The molecule has 24 heavy (non-hydrogen) atoms. The standard InChI is InChI=1S/C16H14Br3NO4/c1-5-9(6(2)14(20(23)24)7(3)11(5)17)10-13(19)15(21)8(4)12(18)16(10)22/h21-22H,1-4H3. The van der Waals surface area contributed by atoms with Crippen LogP contribution in [-0.4, -0.2) is 15.1 Å². The van der Waals surface area contributed by atoms with Crippen molar-refractivity contribution < 1.29 is 15.1 Å². The van der Waals surface area contributed by atoms with Gasteiger partial charge in [0.2, 0.25) is 0 Å². The Labute approximate surface area is 164 Å². The molecule has 0 saturated heterocycles. The zero-order chi connectivity index (χ0) is 18.5. The normalized spacial score (nSPS) is 11.0. The van der Waals surface area contributed by atoms with Crippen LogP contribution in [0.3, 0.4) is 0 Å². The van der Waals surface area contributed by atoms with E-state index < -0.39 is 4.92 Å². The Bertz CT molecular complexity index is 865. The molecule has 5 nitrogen and oxygen atoms in total. The molecule has 2 aromatic rings. The third-order valence-electron chi connectivity index (χ3n) is 4.11. The summed E-state index contributed by atoms with van der Waals surface area (Å²) in [4.78, 5) is 11.1. The van der Waals surface area contributed by atoms with E-state index in [-0.39, 0.29) is 21.7 Å². The number of hydrogen-bond donors (Lipinski definition) is 2. The van der Waals surface area contributed by atoms with Crippen LogP contribution >= 0.6 is 47.8 Å². The minimum absolute atomic E-state index is 0.0232. The van der Waals surface area contributed by atoms with Gasteiger partial charge in [0.05, 0.1) is 13.9 Å². The fraction of sp³-hybridized carbons (Fsp3) is 0.250. The summed E-state index contributed by atoms with van der Waals surface area (Å²) in [6.45, 7) is 6.76. The molecule has 0 radical (unpaired) electrons. The highest BCUT2D eigenvalue weighted by Crippen LogP contribution is 2.52. The van der Waals surface area contributed by atoms with E-state index >= 15 is 0 Å². The summed E-state index contributed by atoms with van der Waals surface area (Å²) >= 11 is 9.98. The van der Waals surface area contributed by atoms with Gasteiger partial charge in [-0.1, -0.05) is 0 Å². The van der Waals surface area contributed by atoms with Crippen molar-refractivity contribution in [2.75, 3.05) is 0 Å². The third-order valence-corrected chi connectivity index (χ3v) is 7.04.